The number of nitrogens with zero attached hydrogens (tertiary/aromatic N) is 5. The fourth-order valence-electron chi connectivity index (χ4n) is 2.71. The smallest absolute Gasteiger partial charge is 0.244 e. The Morgan fingerprint density at radius 1 is 1.30 bits per heavy atom. The minimum absolute atomic E-state index is 0.0874. The van der Waals surface area contributed by atoms with Gasteiger partial charge in [-0.15, -0.1) is 0 Å². The molecule has 2 aromatic heterocycles. The van der Waals surface area contributed by atoms with Crippen molar-refractivity contribution in [3.63, 3.8) is 0 Å². The molecule has 1 aliphatic rings. The highest BCUT2D eigenvalue weighted by molar-refractivity contribution is 5.79. The van der Waals surface area contributed by atoms with Gasteiger partial charge in [-0.1, -0.05) is 6.07 Å². The average molecular weight is 314 g/mol. The summed E-state index contributed by atoms with van der Waals surface area (Å²) in [6.07, 6.45) is 8.58. The zero-order valence-corrected chi connectivity index (χ0v) is 13.4. The zero-order valence-electron chi connectivity index (χ0n) is 13.4. The first-order valence-electron chi connectivity index (χ1n) is 8.06. The van der Waals surface area contributed by atoms with E-state index in [0.717, 1.165) is 24.5 Å². The van der Waals surface area contributed by atoms with Crippen LogP contribution in [-0.4, -0.2) is 38.7 Å². The summed E-state index contributed by atoms with van der Waals surface area (Å²) in [7, 11) is 0. The molecule has 23 heavy (non-hydrogen) atoms. The first-order valence-corrected chi connectivity index (χ1v) is 8.06. The van der Waals surface area contributed by atoms with Crippen molar-refractivity contribution >= 4 is 11.7 Å². The highest BCUT2D eigenvalue weighted by Crippen LogP contribution is 2.17. The quantitative estimate of drug-likeness (QED) is 0.906. The third-order valence-corrected chi connectivity index (χ3v) is 4.17. The number of anilines is 1. The molecule has 0 spiro atoms. The van der Waals surface area contributed by atoms with Gasteiger partial charge in [-0.2, -0.15) is 5.10 Å². The number of piperidine rings is 1. The number of amides is 1. The second-order valence-corrected chi connectivity index (χ2v) is 5.84. The normalized spacial score (nSPS) is 16.1. The van der Waals surface area contributed by atoms with Gasteiger partial charge in [-0.3, -0.25) is 4.79 Å². The zero-order chi connectivity index (χ0) is 16.1. The van der Waals surface area contributed by atoms with Gasteiger partial charge in [-0.05, 0) is 37.8 Å². The topological polar surface area (TPSA) is 75.9 Å². The second-order valence-electron chi connectivity index (χ2n) is 5.84. The molecule has 122 valence electrons. The summed E-state index contributed by atoms with van der Waals surface area (Å²) in [4.78, 5) is 22.8. The summed E-state index contributed by atoms with van der Waals surface area (Å²) >= 11 is 0. The van der Waals surface area contributed by atoms with Crippen molar-refractivity contribution in [2.45, 2.75) is 38.8 Å². The molecule has 0 aliphatic carbocycles. The lowest BCUT2D eigenvalue weighted by Crippen LogP contribution is -2.31. The van der Waals surface area contributed by atoms with Crippen LogP contribution in [0, 0.1) is 0 Å². The molecule has 3 heterocycles. The Morgan fingerprint density at radius 2 is 2.13 bits per heavy atom. The van der Waals surface area contributed by atoms with Gasteiger partial charge < -0.3 is 10.2 Å². The number of hydrogen-bond donors (Lipinski definition) is 1. The number of carbonyl (C=O) groups excluding carboxylic acids is 1. The number of pyridine rings is 1. The molecule has 0 aromatic carbocycles. The van der Waals surface area contributed by atoms with Crippen molar-refractivity contribution in [2.24, 2.45) is 0 Å². The van der Waals surface area contributed by atoms with E-state index in [-0.39, 0.29) is 11.9 Å². The van der Waals surface area contributed by atoms with Crippen LogP contribution in [0.3, 0.4) is 0 Å². The minimum Gasteiger partial charge on any atom is -0.357 e. The maximum Gasteiger partial charge on any atom is 0.244 e. The number of rotatable bonds is 5. The van der Waals surface area contributed by atoms with E-state index in [9.17, 15) is 4.79 Å². The largest absolute Gasteiger partial charge is 0.357 e. The van der Waals surface area contributed by atoms with E-state index in [1.165, 1.54) is 30.3 Å². The molecule has 7 heteroatoms. The van der Waals surface area contributed by atoms with E-state index in [4.69, 9.17) is 0 Å². The van der Waals surface area contributed by atoms with Crippen LogP contribution in [0.2, 0.25) is 0 Å². The Kier molecular flexibility index (Phi) is 4.85. The maximum atomic E-state index is 12.1. The third-order valence-electron chi connectivity index (χ3n) is 4.17. The number of carbonyl (C=O) groups is 1. The van der Waals surface area contributed by atoms with Crippen LogP contribution in [0.1, 0.15) is 37.8 Å². The molecule has 1 N–H and O–H groups in total. The lowest BCUT2D eigenvalue weighted by atomic mass is 10.1. The van der Waals surface area contributed by atoms with Gasteiger partial charge in [0.05, 0.1) is 0 Å². The van der Waals surface area contributed by atoms with E-state index in [1.54, 1.807) is 13.3 Å². The van der Waals surface area contributed by atoms with Crippen molar-refractivity contribution in [2.75, 3.05) is 18.0 Å². The molecular weight excluding hydrogens is 292 g/mol. The van der Waals surface area contributed by atoms with Gasteiger partial charge in [0, 0.05) is 25.8 Å². The summed E-state index contributed by atoms with van der Waals surface area (Å²) in [6, 6.07) is 3.68. The monoisotopic (exact) mass is 314 g/mol. The molecule has 1 amide bonds. The molecule has 0 bridgehead atoms. The molecule has 0 unspecified atom stereocenters. The van der Waals surface area contributed by atoms with Crippen molar-refractivity contribution in [3.05, 3.63) is 36.5 Å². The van der Waals surface area contributed by atoms with E-state index >= 15 is 0 Å². The van der Waals surface area contributed by atoms with Crippen LogP contribution in [0.5, 0.6) is 0 Å². The first-order chi connectivity index (χ1) is 11.2. The standard InChI is InChI=1S/C16H22N6O/c1-13(22-12-17-11-20-22)16(23)19-10-14-5-6-15(18-9-14)21-7-3-2-4-8-21/h5-6,9,11-13H,2-4,7-8,10H2,1H3,(H,19,23)/t13-/m1/s1. The van der Waals surface area contributed by atoms with Gasteiger partial charge in [-0.25, -0.2) is 14.6 Å². The SMILES string of the molecule is C[C@H](C(=O)NCc1ccc(N2CCCCC2)nc1)n1cncn1. The van der Waals surface area contributed by atoms with Crippen molar-refractivity contribution in [1.29, 1.82) is 0 Å². The highest BCUT2D eigenvalue weighted by atomic mass is 16.2. The van der Waals surface area contributed by atoms with E-state index in [2.05, 4.69) is 25.3 Å². The molecule has 3 rings (SSSR count). The summed E-state index contributed by atoms with van der Waals surface area (Å²) in [5.41, 5.74) is 0.991. The van der Waals surface area contributed by atoms with Crippen LogP contribution in [0.4, 0.5) is 5.82 Å². The lowest BCUT2D eigenvalue weighted by Gasteiger charge is -2.27. The Hall–Kier alpha value is -2.44. The maximum absolute atomic E-state index is 12.1. The van der Waals surface area contributed by atoms with Crippen molar-refractivity contribution in [3.8, 4) is 0 Å². The van der Waals surface area contributed by atoms with Crippen molar-refractivity contribution in [1.82, 2.24) is 25.1 Å². The molecule has 1 fully saturated rings. The number of aromatic nitrogens is 4. The van der Waals surface area contributed by atoms with Crippen LogP contribution in [0.25, 0.3) is 0 Å². The molecule has 1 atom stereocenters. The summed E-state index contributed by atoms with van der Waals surface area (Å²) in [6.45, 7) is 4.42. The predicted octanol–water partition coefficient (Wildman–Crippen LogP) is 1.54. The molecule has 1 aliphatic heterocycles. The summed E-state index contributed by atoms with van der Waals surface area (Å²) in [5.74, 6) is 0.936. The summed E-state index contributed by atoms with van der Waals surface area (Å²) < 4.78 is 1.53. The Balaban J connectivity index is 1.53. The fourth-order valence-corrected chi connectivity index (χ4v) is 2.71. The lowest BCUT2D eigenvalue weighted by molar-refractivity contribution is -0.124. The average Bonchev–Trinajstić information content (AvgIpc) is 3.15. The number of nitrogens with one attached hydrogen (secondary N) is 1. The van der Waals surface area contributed by atoms with Gasteiger partial charge in [0.2, 0.25) is 5.91 Å². The summed E-state index contributed by atoms with van der Waals surface area (Å²) in [5, 5.41) is 6.89. The van der Waals surface area contributed by atoms with Gasteiger partial charge in [0.25, 0.3) is 0 Å². The Morgan fingerprint density at radius 3 is 2.78 bits per heavy atom. The van der Waals surface area contributed by atoms with E-state index in [1.807, 2.05) is 18.3 Å². The molecular formula is C16H22N6O. The Bertz CT molecular complexity index is 619. The highest BCUT2D eigenvalue weighted by Gasteiger charge is 2.15. The molecule has 1 saturated heterocycles. The second kappa shape index (κ2) is 7.21. The third kappa shape index (κ3) is 3.85. The molecule has 7 nitrogen and oxygen atoms in total. The number of hydrogen-bond acceptors (Lipinski definition) is 5. The van der Waals surface area contributed by atoms with Gasteiger partial charge in [0.15, 0.2) is 0 Å². The van der Waals surface area contributed by atoms with Gasteiger partial charge >= 0.3 is 0 Å². The molecule has 2 aromatic rings. The van der Waals surface area contributed by atoms with E-state index < -0.39 is 0 Å². The fraction of sp³-hybridized carbons (Fsp3) is 0.500. The predicted molar refractivity (Wildman–Crippen MR) is 86.9 cm³/mol. The van der Waals surface area contributed by atoms with Gasteiger partial charge in [0.1, 0.15) is 24.5 Å². The van der Waals surface area contributed by atoms with Crippen LogP contribution < -0.4 is 10.2 Å². The Labute approximate surface area is 135 Å². The van der Waals surface area contributed by atoms with E-state index in [0.29, 0.717) is 6.54 Å². The van der Waals surface area contributed by atoms with Crippen LogP contribution in [-0.2, 0) is 11.3 Å². The van der Waals surface area contributed by atoms with Crippen LogP contribution >= 0.6 is 0 Å². The molecule has 0 radical (unpaired) electrons. The van der Waals surface area contributed by atoms with Crippen LogP contribution in [0.15, 0.2) is 31.0 Å². The molecule has 0 saturated carbocycles. The first kappa shape index (κ1) is 15.5. The van der Waals surface area contributed by atoms with Crippen molar-refractivity contribution < 1.29 is 4.79 Å². The minimum atomic E-state index is -0.377.